The number of alkyl halides is 3. The quantitative estimate of drug-likeness (QED) is 0.918. The van der Waals surface area contributed by atoms with E-state index < -0.39 is 11.7 Å². The summed E-state index contributed by atoms with van der Waals surface area (Å²) >= 11 is 3.05. The Morgan fingerprint density at radius 3 is 2.79 bits per heavy atom. The molecular weight excluding hydrogens is 323 g/mol. The zero-order valence-electron chi connectivity index (χ0n) is 10.5. The minimum absolute atomic E-state index is 0.0203. The number of rotatable bonds is 3. The van der Waals surface area contributed by atoms with E-state index in [4.69, 9.17) is 0 Å². The lowest BCUT2D eigenvalue weighted by atomic mass is 10.1. The lowest BCUT2D eigenvalue weighted by Crippen LogP contribution is -2.38. The molecule has 0 aliphatic carbocycles. The summed E-state index contributed by atoms with van der Waals surface area (Å²) in [5.74, 6) is 0.0203. The Kier molecular flexibility index (Phi) is 4.35. The van der Waals surface area contributed by atoms with Crippen molar-refractivity contribution in [1.29, 1.82) is 0 Å². The Hall–Kier alpha value is -0.820. The number of pyridine rings is 1. The zero-order chi connectivity index (χ0) is 14.0. The molecule has 1 fully saturated rings. The van der Waals surface area contributed by atoms with E-state index in [1.807, 2.05) is 6.92 Å². The van der Waals surface area contributed by atoms with Gasteiger partial charge in [0.05, 0.1) is 5.56 Å². The van der Waals surface area contributed by atoms with E-state index in [1.54, 1.807) is 4.90 Å². The molecule has 2 rings (SSSR count). The van der Waals surface area contributed by atoms with Gasteiger partial charge in [0.15, 0.2) is 0 Å². The van der Waals surface area contributed by atoms with Gasteiger partial charge in [-0.15, -0.1) is 0 Å². The standard InChI is InChI=1S/C12H15BrF3N3/c1-2-19(9-3-4-17-7-9)11-10(12(14,15)16)5-8(13)6-18-11/h5-6,9,17H,2-4,7H2,1H3. The van der Waals surface area contributed by atoms with Crippen molar-refractivity contribution < 1.29 is 13.2 Å². The molecule has 1 aliphatic heterocycles. The number of aromatic nitrogens is 1. The molecule has 19 heavy (non-hydrogen) atoms. The van der Waals surface area contributed by atoms with Crippen molar-refractivity contribution in [1.82, 2.24) is 10.3 Å². The Morgan fingerprint density at radius 2 is 2.26 bits per heavy atom. The van der Waals surface area contributed by atoms with Gasteiger partial charge >= 0.3 is 6.18 Å². The van der Waals surface area contributed by atoms with Crippen LogP contribution < -0.4 is 10.2 Å². The number of hydrogen-bond acceptors (Lipinski definition) is 3. The van der Waals surface area contributed by atoms with Crippen LogP contribution in [0.2, 0.25) is 0 Å². The fraction of sp³-hybridized carbons (Fsp3) is 0.583. The highest BCUT2D eigenvalue weighted by Crippen LogP contribution is 2.37. The summed E-state index contributed by atoms with van der Waals surface area (Å²) < 4.78 is 39.7. The van der Waals surface area contributed by atoms with E-state index >= 15 is 0 Å². The predicted molar refractivity (Wildman–Crippen MR) is 71.2 cm³/mol. The predicted octanol–water partition coefficient (Wildman–Crippen LogP) is 3.05. The highest BCUT2D eigenvalue weighted by atomic mass is 79.9. The average molecular weight is 338 g/mol. The lowest BCUT2D eigenvalue weighted by Gasteiger charge is -2.30. The molecule has 1 unspecified atom stereocenters. The van der Waals surface area contributed by atoms with Crippen molar-refractivity contribution in [2.24, 2.45) is 0 Å². The molecule has 1 saturated heterocycles. The number of anilines is 1. The molecule has 0 amide bonds. The Balaban J connectivity index is 2.41. The van der Waals surface area contributed by atoms with Crippen LogP contribution in [0.4, 0.5) is 19.0 Å². The first kappa shape index (κ1) is 14.6. The van der Waals surface area contributed by atoms with Gasteiger partial charge in [-0.25, -0.2) is 4.98 Å². The summed E-state index contributed by atoms with van der Waals surface area (Å²) in [4.78, 5) is 5.72. The number of hydrogen-bond donors (Lipinski definition) is 1. The van der Waals surface area contributed by atoms with Crippen LogP contribution in [-0.2, 0) is 6.18 Å². The van der Waals surface area contributed by atoms with Crippen LogP contribution in [-0.4, -0.2) is 30.7 Å². The number of halogens is 4. The largest absolute Gasteiger partial charge is 0.419 e. The van der Waals surface area contributed by atoms with Crippen molar-refractivity contribution in [3.63, 3.8) is 0 Å². The van der Waals surface area contributed by atoms with Crippen LogP contribution in [0.1, 0.15) is 18.9 Å². The third-order valence-corrected chi connectivity index (χ3v) is 3.66. The molecule has 3 nitrogen and oxygen atoms in total. The second-order valence-corrected chi connectivity index (χ2v) is 5.37. The van der Waals surface area contributed by atoms with Crippen molar-refractivity contribution in [2.75, 3.05) is 24.5 Å². The minimum Gasteiger partial charge on any atom is -0.352 e. The molecule has 7 heteroatoms. The molecule has 1 aromatic heterocycles. The summed E-state index contributed by atoms with van der Waals surface area (Å²) in [5, 5.41) is 3.17. The lowest BCUT2D eigenvalue weighted by molar-refractivity contribution is -0.137. The molecule has 1 atom stereocenters. The monoisotopic (exact) mass is 337 g/mol. The fourth-order valence-corrected chi connectivity index (χ4v) is 2.69. The highest BCUT2D eigenvalue weighted by molar-refractivity contribution is 9.10. The first-order valence-corrected chi connectivity index (χ1v) is 6.93. The summed E-state index contributed by atoms with van der Waals surface area (Å²) in [6.07, 6.45) is -2.15. The van der Waals surface area contributed by atoms with E-state index in [-0.39, 0.29) is 11.9 Å². The van der Waals surface area contributed by atoms with Gasteiger partial charge in [0.2, 0.25) is 0 Å². The molecule has 0 saturated carbocycles. The summed E-state index contributed by atoms with van der Waals surface area (Å²) in [7, 11) is 0. The number of nitrogens with one attached hydrogen (secondary N) is 1. The van der Waals surface area contributed by atoms with Crippen LogP contribution in [0.5, 0.6) is 0 Å². The van der Waals surface area contributed by atoms with E-state index in [1.165, 1.54) is 6.20 Å². The van der Waals surface area contributed by atoms with Crippen LogP contribution in [0.3, 0.4) is 0 Å². The molecule has 2 heterocycles. The first-order chi connectivity index (χ1) is 8.93. The van der Waals surface area contributed by atoms with Gasteiger partial charge < -0.3 is 10.2 Å². The SMILES string of the molecule is CCN(c1ncc(Br)cc1C(F)(F)F)C1CCNC1. The van der Waals surface area contributed by atoms with Crippen molar-refractivity contribution >= 4 is 21.7 Å². The van der Waals surface area contributed by atoms with Crippen LogP contribution in [0, 0.1) is 0 Å². The smallest absolute Gasteiger partial charge is 0.352 e. The fourth-order valence-electron chi connectivity index (χ4n) is 2.36. The Labute approximate surface area is 118 Å². The van der Waals surface area contributed by atoms with Gasteiger partial charge in [0.25, 0.3) is 0 Å². The molecule has 0 radical (unpaired) electrons. The van der Waals surface area contributed by atoms with Crippen molar-refractivity contribution in [3.8, 4) is 0 Å². The van der Waals surface area contributed by atoms with Gasteiger partial charge in [0, 0.05) is 29.8 Å². The zero-order valence-corrected chi connectivity index (χ0v) is 12.1. The van der Waals surface area contributed by atoms with Gasteiger partial charge in [-0.05, 0) is 41.9 Å². The molecule has 1 aliphatic rings. The van der Waals surface area contributed by atoms with E-state index in [9.17, 15) is 13.2 Å². The summed E-state index contributed by atoms with van der Waals surface area (Å²) in [6, 6.07) is 1.16. The van der Waals surface area contributed by atoms with E-state index in [2.05, 4.69) is 26.2 Å². The van der Waals surface area contributed by atoms with Crippen molar-refractivity contribution in [2.45, 2.75) is 25.6 Å². The maximum atomic E-state index is 13.1. The maximum Gasteiger partial charge on any atom is 0.419 e. The van der Waals surface area contributed by atoms with E-state index in [0.29, 0.717) is 17.6 Å². The van der Waals surface area contributed by atoms with Gasteiger partial charge in [0.1, 0.15) is 5.82 Å². The minimum atomic E-state index is -4.40. The van der Waals surface area contributed by atoms with Gasteiger partial charge in [-0.3, -0.25) is 0 Å². The topological polar surface area (TPSA) is 28.2 Å². The Bertz CT molecular complexity index is 444. The van der Waals surface area contributed by atoms with Gasteiger partial charge in [-0.1, -0.05) is 0 Å². The summed E-state index contributed by atoms with van der Waals surface area (Å²) in [5.41, 5.74) is -0.685. The Morgan fingerprint density at radius 1 is 1.53 bits per heavy atom. The molecule has 1 aromatic rings. The van der Waals surface area contributed by atoms with Crippen LogP contribution in [0.25, 0.3) is 0 Å². The second-order valence-electron chi connectivity index (χ2n) is 4.46. The van der Waals surface area contributed by atoms with Crippen LogP contribution in [0.15, 0.2) is 16.7 Å². The third-order valence-electron chi connectivity index (χ3n) is 3.23. The average Bonchev–Trinajstić information content (AvgIpc) is 2.84. The number of likely N-dealkylation sites (N-methyl/N-ethyl adjacent to an activating group) is 1. The van der Waals surface area contributed by atoms with E-state index in [0.717, 1.165) is 19.0 Å². The molecule has 1 N–H and O–H groups in total. The summed E-state index contributed by atoms with van der Waals surface area (Å²) in [6.45, 7) is 3.88. The molecular formula is C12H15BrF3N3. The normalized spacial score (nSPS) is 19.7. The maximum absolute atomic E-state index is 13.1. The molecule has 0 spiro atoms. The van der Waals surface area contributed by atoms with Gasteiger partial charge in [-0.2, -0.15) is 13.2 Å². The molecule has 0 bridgehead atoms. The molecule has 0 aromatic carbocycles. The molecule has 106 valence electrons. The third kappa shape index (κ3) is 3.20. The van der Waals surface area contributed by atoms with Crippen LogP contribution >= 0.6 is 15.9 Å². The first-order valence-electron chi connectivity index (χ1n) is 6.13. The highest BCUT2D eigenvalue weighted by Gasteiger charge is 2.37. The number of nitrogens with zero attached hydrogens (tertiary/aromatic N) is 2. The second kappa shape index (κ2) is 5.66. The van der Waals surface area contributed by atoms with Crippen molar-refractivity contribution in [3.05, 3.63) is 22.3 Å².